The van der Waals surface area contributed by atoms with Gasteiger partial charge in [-0.05, 0) is 39.5 Å². The van der Waals surface area contributed by atoms with Gasteiger partial charge in [-0.25, -0.2) is 19.7 Å². The number of alkyl halides is 3. The molecule has 0 spiro atoms. The molecule has 2 amide bonds. The van der Waals surface area contributed by atoms with Gasteiger partial charge < -0.3 is 19.5 Å². The number of aryl methyl sites for hydroxylation is 1. The van der Waals surface area contributed by atoms with Gasteiger partial charge in [0.1, 0.15) is 22.7 Å². The number of imidazole rings is 1. The zero-order valence-corrected chi connectivity index (χ0v) is 18.9. The molecule has 0 aliphatic carbocycles. The first-order valence-electron chi connectivity index (χ1n) is 10.5. The SMILES string of the molecule is Cn1cncc1-c1nc(C(=O)NCC2CCN(C(=O)OC(C)(C)C)CC2)cc(C(F)(F)F)n1. The molecule has 0 aromatic carbocycles. The minimum Gasteiger partial charge on any atom is -0.444 e. The molecule has 2 aromatic heterocycles. The van der Waals surface area contributed by atoms with Crippen LogP contribution in [0.3, 0.4) is 0 Å². The number of nitrogens with one attached hydrogen (secondary N) is 1. The number of hydrogen-bond donors (Lipinski definition) is 1. The van der Waals surface area contributed by atoms with Crippen LogP contribution < -0.4 is 5.32 Å². The van der Waals surface area contributed by atoms with Gasteiger partial charge in [-0.2, -0.15) is 13.2 Å². The number of aromatic nitrogens is 4. The summed E-state index contributed by atoms with van der Waals surface area (Å²) in [6, 6.07) is 0.639. The van der Waals surface area contributed by atoms with E-state index in [2.05, 4.69) is 20.3 Å². The van der Waals surface area contributed by atoms with E-state index in [1.54, 1.807) is 32.7 Å². The smallest absolute Gasteiger partial charge is 0.433 e. The van der Waals surface area contributed by atoms with Crippen molar-refractivity contribution in [3.63, 3.8) is 0 Å². The molecule has 0 bridgehead atoms. The normalized spacial score (nSPS) is 15.4. The average molecular weight is 468 g/mol. The van der Waals surface area contributed by atoms with Crippen molar-refractivity contribution in [1.82, 2.24) is 29.7 Å². The standard InChI is InChI=1S/C21H27F3N6O3/c1-20(2,3)33-19(32)30-7-5-13(6-8-30)10-26-18(31)14-9-16(21(22,23)24)28-17(27-14)15-11-25-12-29(15)4/h9,11-13H,5-8,10H2,1-4H3,(H,26,31). The summed E-state index contributed by atoms with van der Waals surface area (Å²) in [4.78, 5) is 37.9. The van der Waals surface area contributed by atoms with Crippen LogP contribution in [0.15, 0.2) is 18.6 Å². The van der Waals surface area contributed by atoms with Crippen molar-refractivity contribution in [2.45, 2.75) is 45.4 Å². The Labute approximate surface area is 189 Å². The molecule has 0 radical (unpaired) electrons. The number of carbonyl (C=O) groups excluding carboxylic acids is 2. The molecule has 1 saturated heterocycles. The number of piperidine rings is 1. The Morgan fingerprint density at radius 2 is 1.85 bits per heavy atom. The third-order valence-corrected chi connectivity index (χ3v) is 5.11. The summed E-state index contributed by atoms with van der Waals surface area (Å²) < 4.78 is 46.9. The van der Waals surface area contributed by atoms with Crippen molar-refractivity contribution in [1.29, 1.82) is 0 Å². The second-order valence-electron chi connectivity index (χ2n) is 8.97. The van der Waals surface area contributed by atoms with Crippen LogP contribution in [0.2, 0.25) is 0 Å². The van der Waals surface area contributed by atoms with Crippen LogP contribution in [0.5, 0.6) is 0 Å². The second-order valence-corrected chi connectivity index (χ2v) is 8.97. The Balaban J connectivity index is 1.64. The van der Waals surface area contributed by atoms with Crippen molar-refractivity contribution in [3.8, 4) is 11.5 Å². The van der Waals surface area contributed by atoms with Gasteiger partial charge in [0.25, 0.3) is 5.91 Å². The molecule has 2 aromatic rings. The number of carbonyl (C=O) groups is 2. The molecule has 0 unspecified atom stereocenters. The summed E-state index contributed by atoms with van der Waals surface area (Å²) >= 11 is 0. The lowest BCUT2D eigenvalue weighted by molar-refractivity contribution is -0.141. The minimum absolute atomic E-state index is 0.0769. The van der Waals surface area contributed by atoms with Gasteiger partial charge in [-0.15, -0.1) is 0 Å². The van der Waals surface area contributed by atoms with E-state index in [0.29, 0.717) is 32.0 Å². The Kier molecular flexibility index (Phi) is 6.94. The lowest BCUT2D eigenvalue weighted by atomic mass is 9.97. The Hall–Kier alpha value is -3.18. The van der Waals surface area contributed by atoms with Crippen molar-refractivity contribution >= 4 is 12.0 Å². The van der Waals surface area contributed by atoms with Crippen LogP contribution in [0.25, 0.3) is 11.5 Å². The number of nitrogens with zero attached hydrogens (tertiary/aromatic N) is 5. The largest absolute Gasteiger partial charge is 0.444 e. The molecule has 33 heavy (non-hydrogen) atoms. The average Bonchev–Trinajstić information content (AvgIpc) is 3.16. The molecule has 0 atom stereocenters. The first-order chi connectivity index (χ1) is 15.3. The number of likely N-dealkylation sites (tertiary alicyclic amines) is 1. The maximum Gasteiger partial charge on any atom is 0.433 e. The van der Waals surface area contributed by atoms with Gasteiger partial charge in [-0.1, -0.05) is 0 Å². The van der Waals surface area contributed by atoms with Gasteiger partial charge in [0.2, 0.25) is 0 Å². The highest BCUT2D eigenvalue weighted by molar-refractivity contribution is 5.92. The summed E-state index contributed by atoms with van der Waals surface area (Å²) in [6.07, 6.45) is -1.11. The topological polar surface area (TPSA) is 102 Å². The number of hydrogen-bond acceptors (Lipinski definition) is 6. The van der Waals surface area contributed by atoms with E-state index in [-0.39, 0.29) is 35.8 Å². The highest BCUT2D eigenvalue weighted by Crippen LogP contribution is 2.29. The van der Waals surface area contributed by atoms with Crippen molar-refractivity contribution < 1.29 is 27.5 Å². The monoisotopic (exact) mass is 468 g/mol. The third kappa shape index (κ3) is 6.42. The van der Waals surface area contributed by atoms with E-state index >= 15 is 0 Å². The fourth-order valence-corrected chi connectivity index (χ4v) is 3.37. The van der Waals surface area contributed by atoms with Crippen molar-refractivity contribution in [2.24, 2.45) is 13.0 Å². The molecule has 1 N–H and O–H groups in total. The molecule has 9 nitrogen and oxygen atoms in total. The zero-order chi connectivity index (χ0) is 24.4. The predicted molar refractivity (Wildman–Crippen MR) is 112 cm³/mol. The van der Waals surface area contributed by atoms with Crippen LogP contribution in [-0.2, 0) is 18.0 Å². The zero-order valence-electron chi connectivity index (χ0n) is 18.9. The van der Waals surface area contributed by atoms with Crippen molar-refractivity contribution in [2.75, 3.05) is 19.6 Å². The van der Waals surface area contributed by atoms with Gasteiger partial charge in [0.15, 0.2) is 5.82 Å². The summed E-state index contributed by atoms with van der Waals surface area (Å²) in [5.41, 5.74) is -1.91. The van der Waals surface area contributed by atoms with E-state index in [0.717, 1.165) is 0 Å². The number of ether oxygens (including phenoxy) is 1. The van der Waals surface area contributed by atoms with Crippen LogP contribution in [0.1, 0.15) is 49.8 Å². The van der Waals surface area contributed by atoms with E-state index in [4.69, 9.17) is 4.74 Å². The second kappa shape index (κ2) is 9.36. The molecular formula is C21H27F3N6O3. The number of halogens is 3. The molecule has 1 fully saturated rings. The third-order valence-electron chi connectivity index (χ3n) is 5.11. The Bertz CT molecular complexity index is 1010. The van der Waals surface area contributed by atoms with Crippen molar-refractivity contribution in [3.05, 3.63) is 30.0 Å². The fraction of sp³-hybridized carbons (Fsp3) is 0.571. The Morgan fingerprint density at radius 3 is 2.39 bits per heavy atom. The van der Waals surface area contributed by atoms with Crippen LogP contribution >= 0.6 is 0 Å². The van der Waals surface area contributed by atoms with E-state index in [1.165, 1.54) is 17.1 Å². The highest BCUT2D eigenvalue weighted by Gasteiger charge is 2.35. The van der Waals surface area contributed by atoms with E-state index in [1.807, 2.05) is 0 Å². The molecule has 12 heteroatoms. The lowest BCUT2D eigenvalue weighted by Crippen LogP contribution is -2.43. The maximum absolute atomic E-state index is 13.3. The molecule has 3 heterocycles. The van der Waals surface area contributed by atoms with E-state index < -0.39 is 23.4 Å². The van der Waals surface area contributed by atoms with Crippen LogP contribution in [0.4, 0.5) is 18.0 Å². The number of rotatable bonds is 4. The van der Waals surface area contributed by atoms with Gasteiger partial charge in [0.05, 0.1) is 12.5 Å². The van der Waals surface area contributed by atoms with Crippen LogP contribution in [-0.4, -0.2) is 61.7 Å². The molecule has 0 saturated carbocycles. The maximum atomic E-state index is 13.3. The Morgan fingerprint density at radius 1 is 1.18 bits per heavy atom. The quantitative estimate of drug-likeness (QED) is 0.739. The predicted octanol–water partition coefficient (Wildman–Crippen LogP) is 3.27. The summed E-state index contributed by atoms with van der Waals surface area (Å²) in [5.74, 6) is -0.880. The van der Waals surface area contributed by atoms with Gasteiger partial charge in [-0.3, -0.25) is 4.79 Å². The number of amides is 2. The summed E-state index contributed by atoms with van der Waals surface area (Å²) in [6.45, 7) is 6.60. The fourth-order valence-electron chi connectivity index (χ4n) is 3.37. The van der Waals surface area contributed by atoms with Gasteiger partial charge >= 0.3 is 12.3 Å². The molecular weight excluding hydrogens is 441 g/mol. The highest BCUT2D eigenvalue weighted by atomic mass is 19.4. The lowest BCUT2D eigenvalue weighted by Gasteiger charge is -2.33. The molecule has 1 aliphatic heterocycles. The van der Waals surface area contributed by atoms with E-state index in [9.17, 15) is 22.8 Å². The minimum atomic E-state index is -4.74. The summed E-state index contributed by atoms with van der Waals surface area (Å²) in [5, 5.41) is 2.66. The first kappa shape index (κ1) is 24.5. The summed E-state index contributed by atoms with van der Waals surface area (Å²) in [7, 11) is 1.59. The first-order valence-corrected chi connectivity index (χ1v) is 10.5. The molecule has 180 valence electrons. The van der Waals surface area contributed by atoms with Gasteiger partial charge in [0, 0.05) is 32.7 Å². The molecule has 3 rings (SSSR count). The van der Waals surface area contributed by atoms with Crippen LogP contribution in [0, 0.1) is 5.92 Å². The molecule has 1 aliphatic rings.